The Balaban J connectivity index is 2.93. The maximum absolute atomic E-state index is 11.1. The highest BCUT2D eigenvalue weighted by molar-refractivity contribution is 5.88. The van der Waals surface area contributed by atoms with E-state index in [9.17, 15) is 9.59 Å². The molecular weight excluding hydrogens is 336 g/mol. The summed E-state index contributed by atoms with van der Waals surface area (Å²) in [6.07, 6.45) is 2.01. The molecule has 2 rings (SSSR count). The number of hydrogen-bond donors (Lipinski definition) is 0. The summed E-state index contributed by atoms with van der Waals surface area (Å²) in [6.45, 7) is 0. The van der Waals surface area contributed by atoms with Crippen molar-refractivity contribution >= 4 is 12.6 Å². The summed E-state index contributed by atoms with van der Waals surface area (Å²) in [7, 11) is 6.15. The minimum absolute atomic E-state index is 0.193. The lowest BCUT2D eigenvalue weighted by molar-refractivity contribution is -0.108. The molecule has 0 N–H and O–H groups in total. The molecule has 6 nitrogen and oxygen atoms in total. The predicted molar refractivity (Wildman–Crippen MR) is 97.6 cm³/mol. The first kappa shape index (κ1) is 19.3. The molecular formula is C20H22O6. The van der Waals surface area contributed by atoms with Gasteiger partial charge in [0.25, 0.3) is 0 Å². The largest absolute Gasteiger partial charge is 0.496 e. The lowest BCUT2D eigenvalue weighted by atomic mass is 9.94. The highest BCUT2D eigenvalue weighted by atomic mass is 16.5. The first-order chi connectivity index (χ1) is 12.7. The molecule has 0 saturated heterocycles. The molecule has 0 fully saturated rings. The molecule has 0 aliphatic carbocycles. The third-order valence-corrected chi connectivity index (χ3v) is 4.11. The Bertz CT molecular complexity index is 730. The van der Waals surface area contributed by atoms with E-state index in [4.69, 9.17) is 18.9 Å². The van der Waals surface area contributed by atoms with Crippen molar-refractivity contribution in [2.75, 3.05) is 28.4 Å². The van der Waals surface area contributed by atoms with Gasteiger partial charge < -0.3 is 28.5 Å². The summed E-state index contributed by atoms with van der Waals surface area (Å²) >= 11 is 0. The molecule has 0 heterocycles. The van der Waals surface area contributed by atoms with E-state index in [0.717, 1.165) is 12.6 Å². The van der Waals surface area contributed by atoms with Crippen LogP contribution in [0.1, 0.15) is 11.1 Å². The van der Waals surface area contributed by atoms with Gasteiger partial charge in [-0.25, -0.2) is 0 Å². The van der Waals surface area contributed by atoms with E-state index in [0.29, 0.717) is 45.3 Å². The Morgan fingerprint density at radius 1 is 0.654 bits per heavy atom. The molecule has 0 bridgehead atoms. The molecule has 6 heteroatoms. The van der Waals surface area contributed by atoms with Crippen molar-refractivity contribution < 1.29 is 28.5 Å². The lowest BCUT2D eigenvalue weighted by Crippen LogP contribution is -2.03. The smallest absolute Gasteiger partial charge is 0.134 e. The molecule has 0 radical (unpaired) electrons. The van der Waals surface area contributed by atoms with Gasteiger partial charge in [0.05, 0.1) is 39.6 Å². The zero-order valence-electron chi connectivity index (χ0n) is 15.3. The summed E-state index contributed by atoms with van der Waals surface area (Å²) in [5.41, 5.74) is 2.64. The zero-order chi connectivity index (χ0) is 19.1. The molecule has 0 spiro atoms. The minimum Gasteiger partial charge on any atom is -0.496 e. The summed E-state index contributed by atoms with van der Waals surface area (Å²) in [5.74, 6) is 2.07. The van der Waals surface area contributed by atoms with E-state index in [1.54, 1.807) is 38.5 Å². The fraction of sp³-hybridized carbons (Fsp3) is 0.300. The highest BCUT2D eigenvalue weighted by Crippen LogP contribution is 2.50. The van der Waals surface area contributed by atoms with E-state index in [2.05, 4.69) is 0 Å². The van der Waals surface area contributed by atoms with Crippen LogP contribution in [0.5, 0.6) is 23.0 Å². The Labute approximate surface area is 152 Å². The third-order valence-electron chi connectivity index (χ3n) is 4.11. The van der Waals surface area contributed by atoms with Crippen LogP contribution in [0.15, 0.2) is 24.3 Å². The number of carbonyl (C=O) groups excluding carboxylic acids is 2. The van der Waals surface area contributed by atoms with E-state index in [1.165, 1.54) is 14.2 Å². The molecule has 0 saturated carbocycles. The maximum Gasteiger partial charge on any atom is 0.134 e. The van der Waals surface area contributed by atoms with Gasteiger partial charge in [0.1, 0.15) is 35.6 Å². The second-order valence-electron chi connectivity index (χ2n) is 5.41. The number of rotatable bonds is 9. The second-order valence-corrected chi connectivity index (χ2v) is 5.41. The van der Waals surface area contributed by atoms with Gasteiger partial charge in [-0.1, -0.05) is 12.1 Å². The number of aldehydes is 2. The van der Waals surface area contributed by atoms with Crippen molar-refractivity contribution in [2.45, 2.75) is 12.8 Å². The number of methoxy groups -OCH3 is 4. The SMILES string of the molecule is COc1ccc(CC=O)c(OC)c1-c1c(OC)ccc(CC=O)c1OC. The Hall–Kier alpha value is -3.02. The van der Waals surface area contributed by atoms with Crippen LogP contribution in [0.3, 0.4) is 0 Å². The average molecular weight is 358 g/mol. The van der Waals surface area contributed by atoms with Gasteiger partial charge in [-0.3, -0.25) is 0 Å². The molecule has 0 aliphatic rings. The molecule has 138 valence electrons. The van der Waals surface area contributed by atoms with Crippen LogP contribution in [0.2, 0.25) is 0 Å². The van der Waals surface area contributed by atoms with Gasteiger partial charge in [0.15, 0.2) is 0 Å². The minimum atomic E-state index is 0.193. The summed E-state index contributed by atoms with van der Waals surface area (Å²) in [4.78, 5) is 22.1. The second kappa shape index (κ2) is 8.89. The van der Waals surface area contributed by atoms with Crippen molar-refractivity contribution in [2.24, 2.45) is 0 Å². The van der Waals surface area contributed by atoms with Crippen molar-refractivity contribution in [1.29, 1.82) is 0 Å². The topological polar surface area (TPSA) is 71.1 Å². The van der Waals surface area contributed by atoms with E-state index in [1.807, 2.05) is 0 Å². The number of ether oxygens (including phenoxy) is 4. The molecule has 2 aromatic carbocycles. The van der Waals surface area contributed by atoms with Gasteiger partial charge in [-0.2, -0.15) is 0 Å². The third kappa shape index (κ3) is 3.49. The number of benzene rings is 2. The van der Waals surface area contributed by atoms with Gasteiger partial charge in [0, 0.05) is 24.0 Å². The zero-order valence-corrected chi connectivity index (χ0v) is 15.3. The number of hydrogen-bond acceptors (Lipinski definition) is 6. The molecule has 0 aromatic heterocycles. The molecule has 26 heavy (non-hydrogen) atoms. The lowest BCUT2D eigenvalue weighted by Gasteiger charge is -2.21. The Morgan fingerprint density at radius 3 is 1.31 bits per heavy atom. The van der Waals surface area contributed by atoms with E-state index >= 15 is 0 Å². The fourth-order valence-corrected chi connectivity index (χ4v) is 3.00. The highest BCUT2D eigenvalue weighted by Gasteiger charge is 2.25. The molecule has 2 aromatic rings. The van der Waals surface area contributed by atoms with Crippen LogP contribution in [0.25, 0.3) is 11.1 Å². The normalized spacial score (nSPS) is 10.2. The molecule has 0 atom stereocenters. The van der Waals surface area contributed by atoms with Gasteiger partial charge in [0.2, 0.25) is 0 Å². The number of carbonyl (C=O) groups is 2. The van der Waals surface area contributed by atoms with Crippen molar-refractivity contribution in [1.82, 2.24) is 0 Å². The van der Waals surface area contributed by atoms with Crippen LogP contribution < -0.4 is 18.9 Å². The molecule has 0 amide bonds. The summed E-state index contributed by atoms with van der Waals surface area (Å²) in [5, 5.41) is 0. The first-order valence-electron chi connectivity index (χ1n) is 8.02. The molecule has 0 aliphatic heterocycles. The first-order valence-corrected chi connectivity index (χ1v) is 8.02. The van der Waals surface area contributed by atoms with E-state index in [-0.39, 0.29) is 12.8 Å². The monoisotopic (exact) mass is 358 g/mol. The van der Waals surface area contributed by atoms with Crippen LogP contribution in [0, 0.1) is 0 Å². The van der Waals surface area contributed by atoms with Crippen LogP contribution >= 0.6 is 0 Å². The molecule has 0 unspecified atom stereocenters. The Kier molecular flexibility index (Phi) is 6.60. The van der Waals surface area contributed by atoms with Crippen LogP contribution in [-0.2, 0) is 22.4 Å². The van der Waals surface area contributed by atoms with Gasteiger partial charge >= 0.3 is 0 Å². The van der Waals surface area contributed by atoms with Gasteiger partial charge in [-0.15, -0.1) is 0 Å². The van der Waals surface area contributed by atoms with Crippen molar-refractivity contribution in [3.63, 3.8) is 0 Å². The maximum atomic E-state index is 11.1. The van der Waals surface area contributed by atoms with Crippen molar-refractivity contribution in [3.8, 4) is 34.1 Å². The quantitative estimate of drug-likeness (QED) is 0.642. The van der Waals surface area contributed by atoms with Gasteiger partial charge in [-0.05, 0) is 12.1 Å². The summed E-state index contributed by atoms with van der Waals surface area (Å²) in [6, 6.07) is 7.09. The van der Waals surface area contributed by atoms with Crippen molar-refractivity contribution in [3.05, 3.63) is 35.4 Å². The standard InChI is InChI=1S/C20H22O6/c1-23-15-7-5-13(9-11-21)19(25-3)17(15)18-16(24-2)8-6-14(10-12-22)20(18)26-4/h5-8,11-12H,9-10H2,1-4H3. The Morgan fingerprint density at radius 2 is 1.04 bits per heavy atom. The predicted octanol–water partition coefficient (Wildman–Crippen LogP) is 2.87. The average Bonchev–Trinajstić information content (AvgIpc) is 2.67. The fourth-order valence-electron chi connectivity index (χ4n) is 3.00. The van der Waals surface area contributed by atoms with E-state index < -0.39 is 0 Å². The summed E-state index contributed by atoms with van der Waals surface area (Å²) < 4.78 is 22.3. The van der Waals surface area contributed by atoms with Crippen LogP contribution in [0.4, 0.5) is 0 Å². The van der Waals surface area contributed by atoms with Crippen LogP contribution in [-0.4, -0.2) is 41.0 Å².